The molecule has 2 aromatic carbocycles. The lowest BCUT2D eigenvalue weighted by Crippen LogP contribution is -2.14. The highest BCUT2D eigenvalue weighted by Gasteiger charge is 2.15. The third kappa shape index (κ3) is 4.19. The van der Waals surface area contributed by atoms with E-state index in [9.17, 15) is 9.50 Å². The number of aliphatic hydroxyl groups is 1. The van der Waals surface area contributed by atoms with Crippen LogP contribution in [0.5, 0.6) is 5.75 Å². The number of rotatable bonds is 6. The second kappa shape index (κ2) is 7.43. The number of ether oxygens (including phenoxy) is 1. The SMILES string of the molecule is COc1ccccc1CC(CO)Cc1cc(Cl)ccc1F. The molecule has 0 amide bonds. The lowest BCUT2D eigenvalue weighted by atomic mass is 9.92. The predicted molar refractivity (Wildman–Crippen MR) is 82.4 cm³/mol. The average molecular weight is 309 g/mol. The first-order chi connectivity index (χ1) is 10.1. The molecule has 0 spiro atoms. The van der Waals surface area contributed by atoms with Gasteiger partial charge in [-0.15, -0.1) is 0 Å². The first kappa shape index (κ1) is 15.8. The van der Waals surface area contributed by atoms with Gasteiger partial charge in [-0.1, -0.05) is 29.8 Å². The van der Waals surface area contributed by atoms with Gasteiger partial charge in [0.1, 0.15) is 11.6 Å². The maximum atomic E-state index is 13.8. The fraction of sp³-hybridized carbons (Fsp3) is 0.294. The van der Waals surface area contributed by atoms with Gasteiger partial charge in [0.2, 0.25) is 0 Å². The van der Waals surface area contributed by atoms with Crippen LogP contribution in [0.3, 0.4) is 0 Å². The number of hydrogen-bond donors (Lipinski definition) is 1. The van der Waals surface area contributed by atoms with Crippen molar-refractivity contribution >= 4 is 11.6 Å². The van der Waals surface area contributed by atoms with Gasteiger partial charge in [-0.25, -0.2) is 4.39 Å². The first-order valence-electron chi connectivity index (χ1n) is 6.80. The highest BCUT2D eigenvalue weighted by molar-refractivity contribution is 6.30. The zero-order chi connectivity index (χ0) is 15.2. The summed E-state index contributed by atoms with van der Waals surface area (Å²) in [7, 11) is 1.61. The van der Waals surface area contributed by atoms with E-state index in [1.165, 1.54) is 12.1 Å². The van der Waals surface area contributed by atoms with Crippen molar-refractivity contribution in [2.75, 3.05) is 13.7 Å². The minimum Gasteiger partial charge on any atom is -0.496 e. The lowest BCUT2D eigenvalue weighted by Gasteiger charge is -2.17. The zero-order valence-electron chi connectivity index (χ0n) is 11.9. The van der Waals surface area contributed by atoms with Crippen molar-refractivity contribution in [1.29, 1.82) is 0 Å². The molecule has 0 saturated carbocycles. The topological polar surface area (TPSA) is 29.5 Å². The number of benzene rings is 2. The molecule has 0 aromatic heterocycles. The number of para-hydroxylation sites is 1. The fourth-order valence-electron chi connectivity index (χ4n) is 2.39. The molecule has 2 rings (SSSR count). The van der Waals surface area contributed by atoms with E-state index in [0.717, 1.165) is 11.3 Å². The Morgan fingerprint density at radius 3 is 2.57 bits per heavy atom. The molecular formula is C17H18ClFO2. The second-order valence-electron chi connectivity index (χ2n) is 5.00. The highest BCUT2D eigenvalue weighted by atomic mass is 35.5. The summed E-state index contributed by atoms with van der Waals surface area (Å²) in [6.07, 6.45) is 1.05. The summed E-state index contributed by atoms with van der Waals surface area (Å²) in [4.78, 5) is 0. The Hall–Kier alpha value is -1.58. The lowest BCUT2D eigenvalue weighted by molar-refractivity contribution is 0.223. The summed E-state index contributed by atoms with van der Waals surface area (Å²) in [6.45, 7) is -0.0238. The largest absolute Gasteiger partial charge is 0.496 e. The minimum absolute atomic E-state index is 0.0238. The third-order valence-corrected chi connectivity index (χ3v) is 3.71. The Kier molecular flexibility index (Phi) is 5.59. The van der Waals surface area contributed by atoms with Crippen molar-refractivity contribution in [3.8, 4) is 5.75 Å². The molecule has 0 fully saturated rings. The third-order valence-electron chi connectivity index (χ3n) is 3.48. The molecule has 112 valence electrons. The number of methoxy groups -OCH3 is 1. The van der Waals surface area contributed by atoms with Crippen LogP contribution in [0.4, 0.5) is 4.39 Å². The summed E-state index contributed by atoms with van der Waals surface area (Å²) < 4.78 is 19.1. The molecule has 0 aliphatic rings. The molecule has 0 heterocycles. The fourth-order valence-corrected chi connectivity index (χ4v) is 2.59. The van der Waals surface area contributed by atoms with Gasteiger partial charge < -0.3 is 9.84 Å². The number of hydrogen-bond acceptors (Lipinski definition) is 2. The van der Waals surface area contributed by atoms with Crippen LogP contribution >= 0.6 is 11.6 Å². The van der Waals surface area contributed by atoms with Gasteiger partial charge in [-0.2, -0.15) is 0 Å². The molecule has 0 aliphatic carbocycles. The molecule has 0 bridgehead atoms. The monoisotopic (exact) mass is 308 g/mol. The van der Waals surface area contributed by atoms with E-state index >= 15 is 0 Å². The van der Waals surface area contributed by atoms with Crippen LogP contribution in [0.25, 0.3) is 0 Å². The van der Waals surface area contributed by atoms with Crippen molar-refractivity contribution in [3.63, 3.8) is 0 Å². The van der Waals surface area contributed by atoms with Gasteiger partial charge in [0.05, 0.1) is 7.11 Å². The van der Waals surface area contributed by atoms with Crippen LogP contribution in [0, 0.1) is 11.7 Å². The van der Waals surface area contributed by atoms with Gasteiger partial charge in [-0.3, -0.25) is 0 Å². The number of aliphatic hydroxyl groups excluding tert-OH is 1. The summed E-state index contributed by atoms with van der Waals surface area (Å²) in [5.74, 6) is 0.398. The molecule has 1 unspecified atom stereocenters. The van der Waals surface area contributed by atoms with E-state index < -0.39 is 0 Å². The van der Waals surface area contributed by atoms with Crippen LogP contribution in [0.1, 0.15) is 11.1 Å². The van der Waals surface area contributed by atoms with Crippen LogP contribution in [-0.4, -0.2) is 18.8 Å². The highest BCUT2D eigenvalue weighted by Crippen LogP contribution is 2.24. The van der Waals surface area contributed by atoms with Crippen LogP contribution < -0.4 is 4.74 Å². The molecular weight excluding hydrogens is 291 g/mol. The Morgan fingerprint density at radius 2 is 1.86 bits per heavy atom. The van der Waals surface area contributed by atoms with Crippen molar-refractivity contribution in [3.05, 3.63) is 64.4 Å². The summed E-state index contributed by atoms with van der Waals surface area (Å²) in [6, 6.07) is 12.1. The molecule has 4 heteroatoms. The Labute approximate surface area is 129 Å². The van der Waals surface area contributed by atoms with Crippen LogP contribution in [-0.2, 0) is 12.8 Å². The first-order valence-corrected chi connectivity index (χ1v) is 7.18. The smallest absolute Gasteiger partial charge is 0.126 e. The molecule has 0 saturated heterocycles. The molecule has 1 atom stereocenters. The van der Waals surface area contributed by atoms with Crippen molar-refractivity contribution in [2.45, 2.75) is 12.8 Å². The van der Waals surface area contributed by atoms with Crippen LogP contribution in [0.15, 0.2) is 42.5 Å². The minimum atomic E-state index is -0.294. The predicted octanol–water partition coefficient (Wildman–Crippen LogP) is 3.88. The average Bonchev–Trinajstić information content (AvgIpc) is 2.50. The molecule has 21 heavy (non-hydrogen) atoms. The van der Waals surface area contributed by atoms with Gasteiger partial charge >= 0.3 is 0 Å². The normalized spacial score (nSPS) is 12.2. The van der Waals surface area contributed by atoms with Gasteiger partial charge in [0.15, 0.2) is 0 Å². The van der Waals surface area contributed by atoms with Gasteiger partial charge in [-0.05, 0) is 54.2 Å². The maximum absolute atomic E-state index is 13.8. The van der Waals surface area contributed by atoms with E-state index in [1.807, 2.05) is 24.3 Å². The Bertz CT molecular complexity index is 601. The molecule has 1 N–H and O–H groups in total. The molecule has 2 aromatic rings. The quantitative estimate of drug-likeness (QED) is 0.877. The summed E-state index contributed by atoms with van der Waals surface area (Å²) in [5, 5.41) is 10.1. The standard InChI is InChI=1S/C17H18ClFO2/c1-21-17-5-3-2-4-13(17)8-12(11-20)9-14-10-15(18)6-7-16(14)19/h2-7,10,12,20H,8-9,11H2,1H3. The Morgan fingerprint density at radius 1 is 1.14 bits per heavy atom. The van der Waals surface area contributed by atoms with Gasteiger partial charge in [0.25, 0.3) is 0 Å². The van der Waals surface area contributed by atoms with Crippen LogP contribution in [0.2, 0.25) is 5.02 Å². The molecule has 0 aliphatic heterocycles. The maximum Gasteiger partial charge on any atom is 0.126 e. The van der Waals surface area contributed by atoms with E-state index in [4.69, 9.17) is 16.3 Å². The second-order valence-corrected chi connectivity index (χ2v) is 5.44. The van der Waals surface area contributed by atoms with Gasteiger partial charge in [0, 0.05) is 11.6 Å². The Balaban J connectivity index is 2.15. The summed E-state index contributed by atoms with van der Waals surface area (Å²) >= 11 is 5.90. The number of halogens is 2. The van der Waals surface area contributed by atoms with Crippen molar-refractivity contribution in [1.82, 2.24) is 0 Å². The summed E-state index contributed by atoms with van der Waals surface area (Å²) in [5.41, 5.74) is 1.53. The van der Waals surface area contributed by atoms with E-state index in [0.29, 0.717) is 23.4 Å². The van der Waals surface area contributed by atoms with E-state index in [2.05, 4.69) is 0 Å². The molecule has 2 nitrogen and oxygen atoms in total. The van der Waals surface area contributed by atoms with E-state index in [-0.39, 0.29) is 18.3 Å². The zero-order valence-corrected chi connectivity index (χ0v) is 12.6. The molecule has 0 radical (unpaired) electrons. The van der Waals surface area contributed by atoms with Crippen molar-refractivity contribution in [2.24, 2.45) is 5.92 Å². The van der Waals surface area contributed by atoms with Crippen molar-refractivity contribution < 1.29 is 14.2 Å². The van der Waals surface area contributed by atoms with E-state index in [1.54, 1.807) is 13.2 Å².